The summed E-state index contributed by atoms with van der Waals surface area (Å²) in [5, 5.41) is 14.0. The molecule has 3 aromatic carbocycles. The number of nitrogens with one attached hydrogen (secondary N) is 2. The molecule has 2 aromatic heterocycles. The maximum atomic E-state index is 14.4. The number of allylic oxidation sites excluding steroid dienone is 1. The zero-order valence-electron chi connectivity index (χ0n) is 39.1. The molecule has 0 bridgehead atoms. The fourth-order valence-electron chi connectivity index (χ4n) is 10.7. The number of piperazine rings is 1. The standard InChI is InChI=1S/C51H59ClN8O8S/c1-51(2)17-15-36(43(32-51)34-3-5-37(52)6-4-34)33-56-19-21-57(22-20-56)39-9-13-42(44(30-39)59-25-28-67-50-46(59)29-35-16-18-53-48(35)54-50)49(61)55-69(64,65)41-12-14-47(45(31-41)60(62)63)68-40-10-7-38(8-11-40)58-23-26-66-27-24-58/h3-6,9,12-14,16,18,29-31,38,40H,7-8,10-11,15,17,19-28,32-33H2,1-2H3,(H,53,54)(H,55,61)/t38-,40-. The highest BCUT2D eigenvalue weighted by Gasteiger charge is 2.34. The molecule has 0 unspecified atom stereocenters. The normalized spacial score (nSPS) is 21.4. The van der Waals surface area contributed by atoms with Crippen molar-refractivity contribution in [3.05, 3.63) is 111 Å². The molecule has 10 rings (SSSR count). The zero-order valence-corrected chi connectivity index (χ0v) is 40.7. The van der Waals surface area contributed by atoms with Gasteiger partial charge >= 0.3 is 5.69 Å². The molecule has 0 radical (unpaired) electrons. The SMILES string of the molecule is CC1(C)CCC(CN2CCN(c3ccc(C(=O)NS(=O)(=O)c4ccc(O[C@H]5CC[C@H](N6CCOCC6)CC5)c([N+](=O)[O-])c4)c(N4CCOc5nc6[nH]ccc6cc54)c3)CC2)=C(c2ccc(Cl)cc2)C1. The highest BCUT2D eigenvalue weighted by Crippen LogP contribution is 2.44. The smallest absolute Gasteiger partial charge is 0.312 e. The number of pyridine rings is 1. The molecule has 2 saturated heterocycles. The molecule has 3 aliphatic heterocycles. The highest BCUT2D eigenvalue weighted by molar-refractivity contribution is 7.90. The van der Waals surface area contributed by atoms with E-state index in [2.05, 4.69) is 50.4 Å². The van der Waals surface area contributed by atoms with E-state index in [9.17, 15) is 23.3 Å². The molecule has 3 fully saturated rings. The molecular weight excluding hydrogens is 920 g/mol. The van der Waals surface area contributed by atoms with Crippen LogP contribution in [0.1, 0.15) is 74.7 Å². The molecule has 16 nitrogen and oxygen atoms in total. The highest BCUT2D eigenvalue weighted by atomic mass is 35.5. The number of benzene rings is 3. The zero-order chi connectivity index (χ0) is 47.9. The number of hydrogen-bond acceptors (Lipinski definition) is 13. The molecule has 0 spiro atoms. The van der Waals surface area contributed by atoms with E-state index in [0.717, 1.165) is 113 Å². The molecule has 1 saturated carbocycles. The van der Waals surface area contributed by atoms with Crippen molar-refractivity contribution in [3.63, 3.8) is 0 Å². The van der Waals surface area contributed by atoms with Crippen LogP contribution in [0.25, 0.3) is 16.6 Å². The molecule has 2 aliphatic carbocycles. The number of sulfonamides is 1. The number of halogens is 1. The van der Waals surface area contributed by atoms with E-state index in [4.69, 9.17) is 30.8 Å². The van der Waals surface area contributed by atoms with Crippen molar-refractivity contribution < 1.29 is 32.3 Å². The van der Waals surface area contributed by atoms with Gasteiger partial charge in [0.1, 0.15) is 17.9 Å². The summed E-state index contributed by atoms with van der Waals surface area (Å²) in [4.78, 5) is 42.7. The molecule has 18 heteroatoms. The first-order valence-electron chi connectivity index (χ1n) is 24.1. The first-order valence-corrected chi connectivity index (χ1v) is 25.9. The van der Waals surface area contributed by atoms with Crippen LogP contribution in [0.4, 0.5) is 22.7 Å². The lowest BCUT2D eigenvalue weighted by Crippen LogP contribution is -2.47. The van der Waals surface area contributed by atoms with Crippen molar-refractivity contribution in [2.24, 2.45) is 5.41 Å². The van der Waals surface area contributed by atoms with Crippen molar-refractivity contribution in [2.75, 3.05) is 82.0 Å². The number of amides is 1. The van der Waals surface area contributed by atoms with Crippen molar-refractivity contribution in [1.29, 1.82) is 0 Å². The van der Waals surface area contributed by atoms with Gasteiger partial charge in [-0.25, -0.2) is 13.1 Å². The Balaban J connectivity index is 0.883. The Morgan fingerprint density at radius 1 is 0.928 bits per heavy atom. The average Bonchev–Trinajstić information content (AvgIpc) is 3.82. The number of H-pyrrole nitrogens is 1. The molecule has 5 aliphatic rings. The maximum absolute atomic E-state index is 14.4. The van der Waals surface area contributed by atoms with Crippen LogP contribution in [0.2, 0.25) is 5.02 Å². The van der Waals surface area contributed by atoms with E-state index in [1.54, 1.807) is 12.3 Å². The van der Waals surface area contributed by atoms with Gasteiger partial charge in [-0.1, -0.05) is 43.2 Å². The number of aromatic nitrogens is 2. The monoisotopic (exact) mass is 978 g/mol. The number of carbonyl (C=O) groups excluding carboxylic acids is 1. The lowest BCUT2D eigenvalue weighted by atomic mass is 9.72. The number of hydrogen-bond donors (Lipinski definition) is 2. The summed E-state index contributed by atoms with van der Waals surface area (Å²) in [6.45, 7) is 12.6. The van der Waals surface area contributed by atoms with Gasteiger partial charge in [-0.3, -0.25) is 24.7 Å². The fourth-order valence-corrected chi connectivity index (χ4v) is 11.8. The van der Waals surface area contributed by atoms with E-state index in [-0.39, 0.29) is 29.4 Å². The Kier molecular flexibility index (Phi) is 13.3. The van der Waals surface area contributed by atoms with Gasteiger partial charge in [-0.05, 0) is 116 Å². The summed E-state index contributed by atoms with van der Waals surface area (Å²) in [6.07, 6.45) is 7.97. The molecule has 69 heavy (non-hydrogen) atoms. The van der Waals surface area contributed by atoms with E-state index >= 15 is 0 Å². The summed E-state index contributed by atoms with van der Waals surface area (Å²) in [5.74, 6) is -0.509. The number of nitro groups is 1. The van der Waals surface area contributed by atoms with Crippen molar-refractivity contribution >= 4 is 66.9 Å². The molecule has 364 valence electrons. The van der Waals surface area contributed by atoms with E-state index < -0.39 is 31.4 Å². The number of aromatic amines is 1. The Bertz CT molecular complexity index is 2870. The molecule has 0 atom stereocenters. The second-order valence-electron chi connectivity index (χ2n) is 19.6. The molecule has 5 heterocycles. The lowest BCUT2D eigenvalue weighted by Gasteiger charge is -2.39. The minimum atomic E-state index is -4.60. The Morgan fingerprint density at radius 2 is 1.70 bits per heavy atom. The van der Waals surface area contributed by atoms with Gasteiger partial charge < -0.3 is 29.0 Å². The topological polar surface area (TPSA) is 176 Å². The Labute approximate surface area is 407 Å². The number of rotatable bonds is 12. The number of nitrogens with zero attached hydrogens (tertiary/aromatic N) is 6. The molecule has 5 aromatic rings. The summed E-state index contributed by atoms with van der Waals surface area (Å²) < 4.78 is 48.0. The molecule has 1 amide bonds. The number of anilines is 3. The van der Waals surface area contributed by atoms with Crippen LogP contribution >= 0.6 is 11.6 Å². The van der Waals surface area contributed by atoms with Crippen LogP contribution in [0.15, 0.2) is 89.5 Å². The first-order chi connectivity index (χ1) is 33.3. The van der Waals surface area contributed by atoms with Gasteiger partial charge in [-0.2, -0.15) is 4.98 Å². The number of nitro benzene ring substituents is 1. The third-order valence-corrected chi connectivity index (χ3v) is 16.1. The average molecular weight is 980 g/mol. The molecule has 2 N–H and O–H groups in total. The van der Waals surface area contributed by atoms with Crippen molar-refractivity contribution in [2.45, 2.75) is 75.8 Å². The van der Waals surface area contributed by atoms with E-state index in [0.29, 0.717) is 48.7 Å². The van der Waals surface area contributed by atoms with E-state index in [1.807, 2.05) is 41.3 Å². The molecular formula is C51H59ClN8O8S. The summed E-state index contributed by atoms with van der Waals surface area (Å²) >= 11 is 6.28. The number of carbonyl (C=O) groups is 1. The van der Waals surface area contributed by atoms with E-state index in [1.165, 1.54) is 28.8 Å². The number of ether oxygens (including phenoxy) is 3. The van der Waals surface area contributed by atoms with Crippen LogP contribution in [0, 0.1) is 15.5 Å². The van der Waals surface area contributed by atoms with Gasteiger partial charge in [0.05, 0.1) is 46.9 Å². The van der Waals surface area contributed by atoms with Gasteiger partial charge in [0.25, 0.3) is 15.9 Å². The number of fused-ring (bicyclic) bond motifs is 2. The van der Waals surface area contributed by atoms with Gasteiger partial charge in [-0.15, -0.1) is 0 Å². The minimum absolute atomic E-state index is 0.00673. The summed E-state index contributed by atoms with van der Waals surface area (Å²) in [6, 6.07) is 21.4. The van der Waals surface area contributed by atoms with Gasteiger partial charge in [0.2, 0.25) is 5.88 Å². The fraction of sp³-hybridized carbons (Fsp3) is 0.451. The Morgan fingerprint density at radius 3 is 2.45 bits per heavy atom. The largest absolute Gasteiger partial charge is 0.484 e. The summed E-state index contributed by atoms with van der Waals surface area (Å²) in [7, 11) is -4.60. The first kappa shape index (κ1) is 47.0. The van der Waals surface area contributed by atoms with Crippen LogP contribution in [-0.4, -0.2) is 123 Å². The van der Waals surface area contributed by atoms with Crippen molar-refractivity contribution in [3.8, 4) is 11.6 Å². The third-order valence-electron chi connectivity index (χ3n) is 14.5. The van der Waals surface area contributed by atoms with Crippen LogP contribution < -0.4 is 24.0 Å². The van der Waals surface area contributed by atoms with Crippen LogP contribution in [-0.2, 0) is 14.8 Å². The predicted octanol–water partition coefficient (Wildman–Crippen LogP) is 8.58. The maximum Gasteiger partial charge on any atom is 0.312 e. The van der Waals surface area contributed by atoms with Crippen molar-refractivity contribution in [1.82, 2.24) is 24.5 Å². The van der Waals surface area contributed by atoms with Crippen LogP contribution in [0.5, 0.6) is 11.6 Å². The minimum Gasteiger partial charge on any atom is -0.484 e. The Hall–Kier alpha value is -5.72. The quantitative estimate of drug-likeness (QED) is 0.0899. The van der Waals surface area contributed by atoms with Gasteiger partial charge in [0.15, 0.2) is 5.75 Å². The third kappa shape index (κ3) is 10.3. The predicted molar refractivity (Wildman–Crippen MR) is 267 cm³/mol. The van der Waals surface area contributed by atoms with Crippen LogP contribution in [0.3, 0.4) is 0 Å². The van der Waals surface area contributed by atoms with Gasteiger partial charge in [0, 0.05) is 80.2 Å². The second kappa shape index (κ2) is 19.6. The number of morpholine rings is 1. The summed E-state index contributed by atoms with van der Waals surface area (Å²) in [5.41, 5.74) is 6.61. The lowest BCUT2D eigenvalue weighted by molar-refractivity contribution is -0.386. The second-order valence-corrected chi connectivity index (χ2v) is 21.8.